The molecule has 7 N–H and O–H groups in total. The van der Waals surface area contributed by atoms with Crippen LogP contribution in [0.1, 0.15) is 51.2 Å². The van der Waals surface area contributed by atoms with Crippen LogP contribution in [0, 0.1) is 5.92 Å². The second-order valence-corrected chi connectivity index (χ2v) is 14.4. The van der Waals surface area contributed by atoms with Crippen LogP contribution >= 0.6 is 0 Å². The van der Waals surface area contributed by atoms with E-state index < -0.39 is 72.5 Å². The van der Waals surface area contributed by atoms with E-state index in [1.165, 1.54) is 11.8 Å². The summed E-state index contributed by atoms with van der Waals surface area (Å²) in [5, 5.41) is 39.3. The van der Waals surface area contributed by atoms with Crippen LogP contribution in [0.2, 0.25) is 0 Å². The molecule has 1 aliphatic heterocycles. The largest absolute Gasteiger partial charge is 0.508 e. The van der Waals surface area contributed by atoms with Crippen molar-refractivity contribution in [1.29, 1.82) is 0 Å². The molecule has 3 rings (SSSR count). The number of hydrogen-bond donors (Lipinski definition) is 7. The van der Waals surface area contributed by atoms with Crippen molar-refractivity contribution in [3.8, 4) is 5.75 Å². The second kappa shape index (κ2) is 22.1. The minimum atomic E-state index is -1.60. The number of nitrogens with zero attached hydrogens (tertiary/aromatic N) is 2. The van der Waals surface area contributed by atoms with Gasteiger partial charge in [-0.15, -0.1) is 13.2 Å². The second-order valence-electron chi connectivity index (χ2n) is 14.4. The number of benzene rings is 2. The highest BCUT2D eigenvalue weighted by Crippen LogP contribution is 2.23. The molecule has 6 atom stereocenters. The standard InChI is InChI=1S/C41H56N6O9/c1-6-19-46(20-7-2)34(24-29-15-17-30(49)18-16-29)40(54)47-21-11-14-33(47)39(53)42-25-35(50)43-32(23-28-12-9-8-10-13-28)37(51)44-31(22-26(3)4)38(52)45-36(27(5)48)41(55)56/h6-10,12-13,15-18,26-27,31-34,36,48-49H,1-2,11,14,19-25H2,3-5H3,(H,42,53)(H,43,50)(H,44,51)(H,45,52)(H,55,56)/t27-,31+,32+,33+,34+,36+/m1/s1. The summed E-state index contributed by atoms with van der Waals surface area (Å²) in [6.07, 6.45) is 3.39. The van der Waals surface area contributed by atoms with E-state index in [9.17, 15) is 44.1 Å². The Hall–Kier alpha value is -5.54. The molecule has 1 aliphatic rings. The average molecular weight is 777 g/mol. The number of phenolic OH excluding ortho intramolecular Hbond substituents is 1. The molecule has 2 aromatic rings. The number of aliphatic carboxylic acids is 1. The molecule has 1 saturated heterocycles. The monoisotopic (exact) mass is 776 g/mol. The first-order chi connectivity index (χ1) is 26.6. The zero-order valence-electron chi connectivity index (χ0n) is 32.4. The van der Waals surface area contributed by atoms with Gasteiger partial charge in [-0.1, -0.05) is 68.5 Å². The maximum absolute atomic E-state index is 14.2. The highest BCUT2D eigenvalue weighted by Gasteiger charge is 2.39. The summed E-state index contributed by atoms with van der Waals surface area (Å²) in [6.45, 7) is 13.1. The van der Waals surface area contributed by atoms with Gasteiger partial charge in [-0.25, -0.2) is 4.79 Å². The Morgan fingerprint density at radius 2 is 1.46 bits per heavy atom. The predicted molar refractivity (Wildman–Crippen MR) is 210 cm³/mol. The summed E-state index contributed by atoms with van der Waals surface area (Å²) in [6, 6.07) is 9.91. The van der Waals surface area contributed by atoms with Crippen molar-refractivity contribution in [2.75, 3.05) is 26.2 Å². The van der Waals surface area contributed by atoms with Gasteiger partial charge in [-0.05, 0) is 61.8 Å². The third-order valence-corrected chi connectivity index (χ3v) is 9.40. The minimum absolute atomic E-state index is 0.0348. The SMILES string of the molecule is C=CCN(CC=C)[C@@H](Cc1ccc(O)cc1)C(=O)N1CCC[C@H]1C(=O)NCC(=O)N[C@@H](Cc1ccccc1)C(=O)N[C@@H](CC(C)C)C(=O)N[C@H](C(=O)O)[C@@H](C)O. The smallest absolute Gasteiger partial charge is 0.328 e. The van der Waals surface area contributed by atoms with Gasteiger partial charge in [0.1, 0.15) is 23.9 Å². The number of rotatable bonds is 22. The fraction of sp³-hybridized carbons (Fsp3) is 0.463. The lowest BCUT2D eigenvalue weighted by atomic mass is 10.0. The first-order valence-corrected chi connectivity index (χ1v) is 18.8. The number of nitrogens with one attached hydrogen (secondary N) is 4. The van der Waals surface area contributed by atoms with Crippen LogP contribution < -0.4 is 21.3 Å². The Labute approximate surface area is 328 Å². The van der Waals surface area contributed by atoms with Crippen molar-refractivity contribution >= 4 is 35.5 Å². The van der Waals surface area contributed by atoms with E-state index in [0.29, 0.717) is 44.5 Å². The van der Waals surface area contributed by atoms with Gasteiger partial charge in [0.15, 0.2) is 6.04 Å². The van der Waals surface area contributed by atoms with E-state index in [1.54, 1.807) is 66.7 Å². The quantitative estimate of drug-likeness (QED) is 0.0851. The van der Waals surface area contributed by atoms with Gasteiger partial charge in [-0.2, -0.15) is 0 Å². The number of carbonyl (C=O) groups excluding carboxylic acids is 5. The first-order valence-electron chi connectivity index (χ1n) is 18.8. The molecule has 1 fully saturated rings. The van der Waals surface area contributed by atoms with Gasteiger partial charge in [0.25, 0.3) is 0 Å². The van der Waals surface area contributed by atoms with E-state index >= 15 is 0 Å². The summed E-state index contributed by atoms with van der Waals surface area (Å²) in [5.41, 5.74) is 1.51. The van der Waals surface area contributed by atoms with Crippen LogP contribution in [-0.2, 0) is 41.6 Å². The van der Waals surface area contributed by atoms with Gasteiger partial charge in [0.05, 0.1) is 18.7 Å². The van der Waals surface area contributed by atoms with Crippen LogP contribution in [0.15, 0.2) is 79.9 Å². The number of carbonyl (C=O) groups is 6. The number of carboxylic acids is 1. The Balaban J connectivity index is 1.75. The lowest BCUT2D eigenvalue weighted by Crippen LogP contribution is -2.58. The summed E-state index contributed by atoms with van der Waals surface area (Å²) in [5.74, 6) is -4.46. The molecule has 0 unspecified atom stereocenters. The van der Waals surface area contributed by atoms with Crippen LogP contribution in [0.3, 0.4) is 0 Å². The first kappa shape index (κ1) is 44.9. The van der Waals surface area contributed by atoms with Crippen LogP contribution in [-0.4, -0.2) is 123 Å². The third kappa shape index (κ3) is 13.6. The van der Waals surface area contributed by atoms with E-state index in [4.69, 9.17) is 0 Å². The molecule has 1 heterocycles. The van der Waals surface area contributed by atoms with Gasteiger partial charge >= 0.3 is 5.97 Å². The molecule has 0 aliphatic carbocycles. The summed E-state index contributed by atoms with van der Waals surface area (Å²) in [4.78, 5) is 83.1. The molecule has 5 amide bonds. The average Bonchev–Trinajstić information content (AvgIpc) is 3.65. The molecule has 56 heavy (non-hydrogen) atoms. The number of hydrogen-bond acceptors (Lipinski definition) is 9. The highest BCUT2D eigenvalue weighted by atomic mass is 16.4. The fourth-order valence-electron chi connectivity index (χ4n) is 6.59. The number of aliphatic hydroxyl groups is 1. The number of carboxylic acid groups (broad SMARTS) is 1. The van der Waals surface area contributed by atoms with Crippen molar-refractivity contribution in [1.82, 2.24) is 31.1 Å². The number of likely N-dealkylation sites (tertiary alicyclic amines) is 1. The maximum Gasteiger partial charge on any atom is 0.328 e. The molecule has 0 spiro atoms. The molecular weight excluding hydrogens is 720 g/mol. The lowest BCUT2D eigenvalue weighted by Gasteiger charge is -2.34. The molecule has 15 nitrogen and oxygen atoms in total. The molecular formula is C41H56N6O9. The number of aromatic hydroxyl groups is 1. The van der Waals surface area contributed by atoms with Crippen molar-refractivity contribution in [3.63, 3.8) is 0 Å². The van der Waals surface area contributed by atoms with E-state index in [0.717, 1.165) is 5.56 Å². The van der Waals surface area contributed by atoms with Crippen LogP contribution in [0.5, 0.6) is 5.75 Å². The number of amides is 5. The Morgan fingerprint density at radius 1 is 0.857 bits per heavy atom. The summed E-state index contributed by atoms with van der Waals surface area (Å²) >= 11 is 0. The van der Waals surface area contributed by atoms with Gasteiger partial charge in [-0.3, -0.25) is 28.9 Å². The number of phenols is 1. The normalized spacial score (nSPS) is 16.5. The predicted octanol–water partition coefficient (Wildman–Crippen LogP) is 1.29. The maximum atomic E-state index is 14.2. The van der Waals surface area contributed by atoms with Gasteiger partial charge in [0, 0.05) is 26.1 Å². The van der Waals surface area contributed by atoms with Gasteiger partial charge in [0.2, 0.25) is 29.5 Å². The molecule has 304 valence electrons. The molecule has 0 radical (unpaired) electrons. The minimum Gasteiger partial charge on any atom is -0.508 e. The van der Waals surface area contributed by atoms with Crippen LogP contribution in [0.4, 0.5) is 0 Å². The Kier molecular flexibility index (Phi) is 17.7. The Morgan fingerprint density at radius 3 is 2.04 bits per heavy atom. The highest BCUT2D eigenvalue weighted by molar-refractivity contribution is 5.95. The van der Waals surface area contributed by atoms with Crippen molar-refractivity contribution in [2.45, 2.75) is 89.2 Å². The van der Waals surface area contributed by atoms with E-state index in [2.05, 4.69) is 34.4 Å². The zero-order chi connectivity index (χ0) is 41.4. The Bertz CT molecular complexity index is 1660. The fourth-order valence-corrected chi connectivity index (χ4v) is 6.59. The third-order valence-electron chi connectivity index (χ3n) is 9.40. The van der Waals surface area contributed by atoms with Crippen molar-refractivity contribution in [2.24, 2.45) is 5.92 Å². The van der Waals surface area contributed by atoms with E-state index in [-0.39, 0.29) is 30.4 Å². The van der Waals surface area contributed by atoms with Gasteiger partial charge < -0.3 is 41.5 Å². The van der Waals surface area contributed by atoms with E-state index in [1.807, 2.05) is 18.7 Å². The number of aliphatic hydroxyl groups excluding tert-OH is 1. The molecule has 0 saturated carbocycles. The molecule has 0 bridgehead atoms. The zero-order valence-corrected chi connectivity index (χ0v) is 32.4. The van der Waals surface area contributed by atoms with Crippen LogP contribution in [0.25, 0.3) is 0 Å². The lowest BCUT2D eigenvalue weighted by molar-refractivity contribution is -0.145. The molecule has 0 aromatic heterocycles. The molecule has 15 heteroatoms. The topological polar surface area (TPSA) is 218 Å². The molecule has 2 aromatic carbocycles. The van der Waals surface area contributed by atoms with Crippen molar-refractivity contribution in [3.05, 3.63) is 91.0 Å². The summed E-state index contributed by atoms with van der Waals surface area (Å²) < 4.78 is 0. The van der Waals surface area contributed by atoms with Crippen molar-refractivity contribution < 1.29 is 44.1 Å². The summed E-state index contributed by atoms with van der Waals surface area (Å²) in [7, 11) is 0.